The van der Waals surface area contributed by atoms with E-state index in [0.717, 1.165) is 3.57 Å². The van der Waals surface area contributed by atoms with Crippen LogP contribution in [-0.2, 0) is 0 Å². The second kappa shape index (κ2) is 6.63. The Hall–Kier alpha value is -2.00. The van der Waals surface area contributed by atoms with Crippen molar-refractivity contribution in [1.82, 2.24) is 5.32 Å². The minimum absolute atomic E-state index is 0.0733. The van der Waals surface area contributed by atoms with Gasteiger partial charge in [-0.1, -0.05) is 17.7 Å². The maximum absolute atomic E-state index is 12.2. The van der Waals surface area contributed by atoms with Crippen LogP contribution < -0.4 is 20.1 Å². The fourth-order valence-electron chi connectivity index (χ4n) is 1.99. The van der Waals surface area contributed by atoms with Gasteiger partial charge >= 0.3 is 6.03 Å². The molecule has 2 aromatic carbocycles. The summed E-state index contributed by atoms with van der Waals surface area (Å²) in [6, 6.07) is 9.47. The van der Waals surface area contributed by atoms with E-state index in [1.54, 1.807) is 18.2 Å². The Morgan fingerprint density at radius 1 is 1.13 bits per heavy atom. The Bertz CT molecular complexity index is 797. The van der Waals surface area contributed by atoms with Crippen LogP contribution in [0.5, 0.6) is 11.5 Å². The lowest BCUT2D eigenvalue weighted by molar-refractivity contribution is 0.0967. The van der Waals surface area contributed by atoms with Crippen LogP contribution in [0.1, 0.15) is 10.4 Å². The third kappa shape index (κ3) is 3.67. The van der Waals surface area contributed by atoms with Crippen LogP contribution in [0.3, 0.4) is 0 Å². The number of ether oxygens (including phenoxy) is 2. The summed E-state index contributed by atoms with van der Waals surface area (Å²) in [5.41, 5.74) is 0.715. The third-order valence-electron chi connectivity index (χ3n) is 3.02. The van der Waals surface area contributed by atoms with Crippen molar-refractivity contribution in [1.29, 1.82) is 0 Å². The van der Waals surface area contributed by atoms with E-state index < -0.39 is 11.9 Å². The van der Waals surface area contributed by atoms with Crippen molar-refractivity contribution in [3.8, 4) is 11.5 Å². The number of rotatable bonds is 2. The molecule has 6 nitrogen and oxygen atoms in total. The zero-order valence-corrected chi connectivity index (χ0v) is 14.5. The molecular formula is C15H10ClIN2O4. The topological polar surface area (TPSA) is 76.7 Å². The molecular weight excluding hydrogens is 435 g/mol. The van der Waals surface area contributed by atoms with Gasteiger partial charge in [0.1, 0.15) is 0 Å². The van der Waals surface area contributed by atoms with Gasteiger partial charge in [-0.15, -0.1) is 0 Å². The molecule has 118 valence electrons. The number of fused-ring (bicyclic) bond motifs is 1. The zero-order chi connectivity index (χ0) is 16.4. The molecule has 1 heterocycles. The number of benzene rings is 2. The SMILES string of the molecule is O=C(NC(=O)c1cc2c(cc1Cl)OCO2)Nc1cccc(I)c1. The molecule has 0 fully saturated rings. The third-order valence-corrected chi connectivity index (χ3v) is 4.00. The van der Waals surface area contributed by atoms with Crippen LogP contribution in [0, 0.1) is 3.57 Å². The summed E-state index contributed by atoms with van der Waals surface area (Å²) in [5.74, 6) is 0.254. The van der Waals surface area contributed by atoms with Crippen molar-refractivity contribution < 1.29 is 19.1 Å². The molecule has 0 bridgehead atoms. The maximum atomic E-state index is 12.2. The molecule has 1 aliphatic rings. The molecule has 0 aromatic heterocycles. The molecule has 8 heteroatoms. The number of halogens is 2. The number of imide groups is 1. The van der Waals surface area contributed by atoms with Gasteiger partial charge in [-0.05, 0) is 46.9 Å². The molecule has 23 heavy (non-hydrogen) atoms. The first-order valence-electron chi connectivity index (χ1n) is 6.50. The first-order valence-corrected chi connectivity index (χ1v) is 7.95. The van der Waals surface area contributed by atoms with E-state index in [1.165, 1.54) is 12.1 Å². The summed E-state index contributed by atoms with van der Waals surface area (Å²) in [6.45, 7) is 0.0733. The van der Waals surface area contributed by atoms with Crippen LogP contribution in [0.2, 0.25) is 5.02 Å². The molecule has 3 rings (SSSR count). The van der Waals surface area contributed by atoms with Crippen molar-refractivity contribution in [3.63, 3.8) is 0 Å². The minimum atomic E-state index is -0.647. The first-order chi connectivity index (χ1) is 11.0. The number of hydrogen-bond donors (Lipinski definition) is 2. The van der Waals surface area contributed by atoms with E-state index in [2.05, 4.69) is 33.2 Å². The lowest BCUT2D eigenvalue weighted by atomic mass is 10.2. The summed E-state index contributed by atoms with van der Waals surface area (Å²) < 4.78 is 11.3. The summed E-state index contributed by atoms with van der Waals surface area (Å²) in [6.07, 6.45) is 0. The molecule has 1 aliphatic heterocycles. The molecule has 0 radical (unpaired) electrons. The fraction of sp³-hybridized carbons (Fsp3) is 0.0667. The van der Waals surface area contributed by atoms with Gasteiger partial charge in [0.25, 0.3) is 5.91 Å². The molecule has 0 aliphatic carbocycles. The Morgan fingerprint density at radius 2 is 1.87 bits per heavy atom. The normalized spacial score (nSPS) is 11.9. The van der Waals surface area contributed by atoms with Gasteiger partial charge in [0.15, 0.2) is 11.5 Å². The Kier molecular flexibility index (Phi) is 4.58. The van der Waals surface area contributed by atoms with Crippen molar-refractivity contribution in [3.05, 3.63) is 50.6 Å². The first kappa shape index (κ1) is 15.9. The highest BCUT2D eigenvalue weighted by atomic mass is 127. The Labute approximate surface area is 150 Å². The van der Waals surface area contributed by atoms with E-state index in [4.69, 9.17) is 21.1 Å². The molecule has 0 saturated carbocycles. The molecule has 0 atom stereocenters. The highest BCUT2D eigenvalue weighted by molar-refractivity contribution is 14.1. The zero-order valence-electron chi connectivity index (χ0n) is 11.6. The molecule has 2 N–H and O–H groups in total. The van der Waals surface area contributed by atoms with Gasteiger partial charge in [0.05, 0.1) is 10.6 Å². The summed E-state index contributed by atoms with van der Waals surface area (Å²) in [4.78, 5) is 24.1. The van der Waals surface area contributed by atoms with Crippen molar-refractivity contribution >= 4 is 51.8 Å². The number of anilines is 1. The van der Waals surface area contributed by atoms with Crippen LogP contribution in [0.15, 0.2) is 36.4 Å². The second-order valence-corrected chi connectivity index (χ2v) is 6.26. The quantitative estimate of drug-likeness (QED) is 0.694. The number of hydrogen-bond acceptors (Lipinski definition) is 4. The Morgan fingerprint density at radius 3 is 2.61 bits per heavy atom. The number of amides is 3. The molecule has 0 unspecified atom stereocenters. The molecule has 0 saturated heterocycles. The minimum Gasteiger partial charge on any atom is -0.454 e. The monoisotopic (exact) mass is 444 g/mol. The summed E-state index contributed by atoms with van der Waals surface area (Å²) in [7, 11) is 0. The number of nitrogens with one attached hydrogen (secondary N) is 2. The van der Waals surface area contributed by atoms with Crippen LogP contribution in [0.25, 0.3) is 0 Å². The average Bonchev–Trinajstić information content (AvgIpc) is 2.93. The van der Waals surface area contributed by atoms with Gasteiger partial charge in [-0.3, -0.25) is 10.1 Å². The van der Waals surface area contributed by atoms with Crippen LogP contribution >= 0.6 is 34.2 Å². The molecule has 0 spiro atoms. The van der Waals surface area contributed by atoms with Crippen LogP contribution in [0.4, 0.5) is 10.5 Å². The van der Waals surface area contributed by atoms with E-state index >= 15 is 0 Å². The van der Waals surface area contributed by atoms with Crippen molar-refractivity contribution in [2.24, 2.45) is 0 Å². The highest BCUT2D eigenvalue weighted by Crippen LogP contribution is 2.36. The molecule has 2 aromatic rings. The molecule has 3 amide bonds. The number of carbonyl (C=O) groups excluding carboxylic acids is 2. The van der Waals surface area contributed by atoms with E-state index in [9.17, 15) is 9.59 Å². The highest BCUT2D eigenvalue weighted by Gasteiger charge is 2.21. The summed E-state index contributed by atoms with van der Waals surface area (Å²) >= 11 is 8.16. The average molecular weight is 445 g/mol. The van der Waals surface area contributed by atoms with Crippen molar-refractivity contribution in [2.45, 2.75) is 0 Å². The number of urea groups is 1. The second-order valence-electron chi connectivity index (χ2n) is 4.60. The predicted molar refractivity (Wildman–Crippen MR) is 93.2 cm³/mol. The van der Waals surface area contributed by atoms with E-state index in [0.29, 0.717) is 17.2 Å². The number of carbonyl (C=O) groups is 2. The fourth-order valence-corrected chi connectivity index (χ4v) is 2.77. The maximum Gasteiger partial charge on any atom is 0.326 e. The van der Waals surface area contributed by atoms with Gasteiger partial charge in [-0.25, -0.2) is 4.79 Å². The van der Waals surface area contributed by atoms with E-state index in [-0.39, 0.29) is 17.4 Å². The predicted octanol–water partition coefficient (Wildman–Crippen LogP) is 3.64. The van der Waals surface area contributed by atoms with Gasteiger partial charge in [0.2, 0.25) is 6.79 Å². The smallest absolute Gasteiger partial charge is 0.326 e. The van der Waals surface area contributed by atoms with Crippen LogP contribution in [-0.4, -0.2) is 18.7 Å². The summed E-state index contributed by atoms with van der Waals surface area (Å²) in [5, 5.41) is 4.98. The van der Waals surface area contributed by atoms with E-state index in [1.807, 2.05) is 6.07 Å². The largest absolute Gasteiger partial charge is 0.454 e. The Balaban J connectivity index is 1.70. The lowest BCUT2D eigenvalue weighted by Gasteiger charge is -2.08. The lowest BCUT2D eigenvalue weighted by Crippen LogP contribution is -2.34. The van der Waals surface area contributed by atoms with Gasteiger partial charge in [-0.2, -0.15) is 0 Å². The van der Waals surface area contributed by atoms with Gasteiger partial charge < -0.3 is 14.8 Å². The van der Waals surface area contributed by atoms with Gasteiger partial charge in [0, 0.05) is 15.3 Å². The standard InChI is InChI=1S/C15H10ClIN2O4/c16-11-6-13-12(22-7-23-13)5-10(11)14(20)19-15(21)18-9-3-1-2-8(17)4-9/h1-6H,7H2,(H2,18,19,20,21). The van der Waals surface area contributed by atoms with Crippen molar-refractivity contribution in [2.75, 3.05) is 12.1 Å².